The van der Waals surface area contributed by atoms with Gasteiger partial charge in [-0.3, -0.25) is 9.59 Å². The Bertz CT molecular complexity index is 538. The maximum Gasteiger partial charge on any atom is 0.253 e. The molecule has 1 aliphatic carbocycles. The van der Waals surface area contributed by atoms with Crippen LogP contribution in [0.15, 0.2) is 24.3 Å². The molecular weight excluding hydrogens is 266 g/mol. The molecule has 0 aromatic heterocycles. The van der Waals surface area contributed by atoms with E-state index >= 15 is 0 Å². The first-order chi connectivity index (χ1) is 9.96. The van der Waals surface area contributed by atoms with Crippen LogP contribution in [-0.4, -0.2) is 23.4 Å². The van der Waals surface area contributed by atoms with Gasteiger partial charge in [-0.1, -0.05) is 19.1 Å². The molecule has 1 atom stereocenters. The number of nitrogens with one attached hydrogen (secondary N) is 2. The second-order valence-corrected chi connectivity index (χ2v) is 5.79. The topological polar surface area (TPSA) is 84.2 Å². The maximum atomic E-state index is 12.3. The van der Waals surface area contributed by atoms with Gasteiger partial charge in [-0.15, -0.1) is 0 Å². The number of anilines is 1. The van der Waals surface area contributed by atoms with Gasteiger partial charge in [0.25, 0.3) is 5.91 Å². The van der Waals surface area contributed by atoms with Crippen molar-refractivity contribution in [2.75, 3.05) is 5.32 Å². The summed E-state index contributed by atoms with van der Waals surface area (Å²) in [7, 11) is 0. The van der Waals surface area contributed by atoms with Crippen LogP contribution in [-0.2, 0) is 4.79 Å². The monoisotopic (exact) mass is 289 g/mol. The zero-order valence-electron chi connectivity index (χ0n) is 12.6. The van der Waals surface area contributed by atoms with E-state index in [1.807, 2.05) is 13.8 Å². The highest BCUT2D eigenvalue weighted by Crippen LogP contribution is 2.30. The summed E-state index contributed by atoms with van der Waals surface area (Å²) in [6.45, 7) is 3.95. The first-order valence-corrected chi connectivity index (χ1v) is 7.46. The third kappa shape index (κ3) is 3.42. The summed E-state index contributed by atoms with van der Waals surface area (Å²) in [5.74, 6) is -0.391. The van der Waals surface area contributed by atoms with Crippen molar-refractivity contribution in [1.29, 1.82) is 0 Å². The van der Waals surface area contributed by atoms with Crippen molar-refractivity contribution in [2.24, 2.45) is 5.73 Å². The molecule has 21 heavy (non-hydrogen) atoms. The van der Waals surface area contributed by atoms with Gasteiger partial charge in [0, 0.05) is 6.04 Å². The highest BCUT2D eigenvalue weighted by molar-refractivity contribution is 6.06. The molecule has 1 saturated carbocycles. The van der Waals surface area contributed by atoms with E-state index < -0.39 is 5.54 Å². The summed E-state index contributed by atoms with van der Waals surface area (Å²) in [4.78, 5) is 24.5. The van der Waals surface area contributed by atoms with Crippen molar-refractivity contribution in [3.8, 4) is 0 Å². The van der Waals surface area contributed by atoms with Crippen molar-refractivity contribution < 1.29 is 9.59 Å². The Morgan fingerprint density at radius 1 is 1.33 bits per heavy atom. The minimum atomic E-state index is -0.777. The molecule has 2 rings (SSSR count). The van der Waals surface area contributed by atoms with Crippen LogP contribution < -0.4 is 16.4 Å². The van der Waals surface area contributed by atoms with Gasteiger partial charge < -0.3 is 16.4 Å². The van der Waals surface area contributed by atoms with E-state index in [9.17, 15) is 9.59 Å². The van der Waals surface area contributed by atoms with Gasteiger partial charge in [0.05, 0.1) is 16.8 Å². The summed E-state index contributed by atoms with van der Waals surface area (Å²) in [5.41, 5.74) is 6.21. The van der Waals surface area contributed by atoms with Gasteiger partial charge in [-0.25, -0.2) is 0 Å². The first-order valence-electron chi connectivity index (χ1n) is 7.46. The Hall–Kier alpha value is -1.88. The fourth-order valence-corrected chi connectivity index (χ4v) is 2.23. The van der Waals surface area contributed by atoms with Gasteiger partial charge in [-0.05, 0) is 44.7 Å². The van der Waals surface area contributed by atoms with Crippen molar-refractivity contribution in [3.05, 3.63) is 29.8 Å². The Morgan fingerprint density at radius 3 is 2.57 bits per heavy atom. The van der Waals surface area contributed by atoms with Crippen LogP contribution in [0.3, 0.4) is 0 Å². The van der Waals surface area contributed by atoms with Crippen molar-refractivity contribution in [2.45, 2.75) is 51.1 Å². The van der Waals surface area contributed by atoms with E-state index in [4.69, 9.17) is 5.73 Å². The van der Waals surface area contributed by atoms with E-state index in [0.29, 0.717) is 24.1 Å². The number of carbonyl (C=O) groups is 2. The van der Waals surface area contributed by atoms with Gasteiger partial charge in [-0.2, -0.15) is 0 Å². The van der Waals surface area contributed by atoms with Crippen molar-refractivity contribution in [1.82, 2.24) is 5.32 Å². The normalized spacial score (nSPS) is 17.5. The van der Waals surface area contributed by atoms with Crippen molar-refractivity contribution >= 4 is 17.5 Å². The van der Waals surface area contributed by atoms with E-state index in [2.05, 4.69) is 10.6 Å². The van der Waals surface area contributed by atoms with Crippen LogP contribution >= 0.6 is 0 Å². The third-order valence-corrected chi connectivity index (χ3v) is 4.11. The predicted octanol–water partition coefficient (Wildman–Crippen LogP) is 2.03. The molecule has 0 aliphatic heterocycles. The molecular formula is C16H23N3O2. The minimum Gasteiger partial charge on any atom is -0.350 e. The molecule has 0 spiro atoms. The lowest BCUT2D eigenvalue weighted by molar-refractivity contribution is -0.123. The number of hydrogen-bond donors (Lipinski definition) is 3. The Balaban J connectivity index is 2.13. The molecule has 5 nitrogen and oxygen atoms in total. The maximum absolute atomic E-state index is 12.3. The summed E-state index contributed by atoms with van der Waals surface area (Å²) in [6, 6.07) is 7.10. The van der Waals surface area contributed by atoms with Crippen LogP contribution in [0.1, 0.15) is 49.9 Å². The fraction of sp³-hybridized carbons (Fsp3) is 0.500. The SMILES string of the molecule is CCC(C)NC(=O)c1ccccc1NC(=O)C1(N)CCC1. The Kier molecular flexibility index (Phi) is 4.63. The lowest BCUT2D eigenvalue weighted by Gasteiger charge is -2.36. The molecule has 0 bridgehead atoms. The summed E-state index contributed by atoms with van der Waals surface area (Å²) in [6.07, 6.45) is 3.21. The number of nitrogens with two attached hydrogens (primary N) is 1. The lowest BCUT2D eigenvalue weighted by Crippen LogP contribution is -2.56. The zero-order valence-corrected chi connectivity index (χ0v) is 12.6. The van der Waals surface area contributed by atoms with E-state index in [1.54, 1.807) is 24.3 Å². The average Bonchev–Trinajstić information content (AvgIpc) is 2.44. The van der Waals surface area contributed by atoms with E-state index in [0.717, 1.165) is 12.8 Å². The molecule has 1 aromatic rings. The first kappa shape index (κ1) is 15.5. The largest absolute Gasteiger partial charge is 0.350 e. The number of rotatable bonds is 5. The molecule has 114 valence electrons. The molecule has 0 heterocycles. The quantitative estimate of drug-likeness (QED) is 0.775. The number of para-hydroxylation sites is 1. The zero-order chi connectivity index (χ0) is 15.5. The molecule has 5 heteroatoms. The van der Waals surface area contributed by atoms with Gasteiger partial charge in [0.1, 0.15) is 0 Å². The molecule has 0 radical (unpaired) electrons. The Labute approximate surface area is 125 Å². The average molecular weight is 289 g/mol. The van der Waals surface area contributed by atoms with E-state index in [-0.39, 0.29) is 17.9 Å². The summed E-state index contributed by atoms with van der Waals surface area (Å²) >= 11 is 0. The molecule has 1 unspecified atom stereocenters. The molecule has 1 aromatic carbocycles. The van der Waals surface area contributed by atoms with Crippen LogP contribution in [0, 0.1) is 0 Å². The minimum absolute atomic E-state index is 0.0914. The molecule has 0 saturated heterocycles. The van der Waals surface area contributed by atoms with Gasteiger partial charge >= 0.3 is 0 Å². The summed E-state index contributed by atoms with van der Waals surface area (Å²) < 4.78 is 0. The third-order valence-electron chi connectivity index (χ3n) is 4.11. The highest BCUT2D eigenvalue weighted by Gasteiger charge is 2.40. The number of benzene rings is 1. The molecule has 1 fully saturated rings. The number of amides is 2. The van der Waals surface area contributed by atoms with Crippen molar-refractivity contribution in [3.63, 3.8) is 0 Å². The smallest absolute Gasteiger partial charge is 0.253 e. The number of carbonyl (C=O) groups excluding carboxylic acids is 2. The standard InChI is InChI=1S/C16H23N3O2/c1-3-11(2)18-14(20)12-7-4-5-8-13(12)19-15(21)16(17)9-6-10-16/h4-5,7-8,11H,3,6,9-10,17H2,1-2H3,(H,18,20)(H,19,21). The predicted molar refractivity (Wildman–Crippen MR) is 83.1 cm³/mol. The second-order valence-electron chi connectivity index (χ2n) is 5.79. The fourth-order valence-electron chi connectivity index (χ4n) is 2.23. The van der Waals surface area contributed by atoms with E-state index in [1.165, 1.54) is 0 Å². The van der Waals surface area contributed by atoms with Crippen LogP contribution in [0.25, 0.3) is 0 Å². The molecule has 4 N–H and O–H groups in total. The summed E-state index contributed by atoms with van der Waals surface area (Å²) in [5, 5.41) is 5.71. The Morgan fingerprint density at radius 2 is 2.00 bits per heavy atom. The van der Waals surface area contributed by atoms with Crippen LogP contribution in [0.2, 0.25) is 0 Å². The number of hydrogen-bond acceptors (Lipinski definition) is 3. The van der Waals surface area contributed by atoms with Crippen LogP contribution in [0.5, 0.6) is 0 Å². The molecule has 2 amide bonds. The highest BCUT2D eigenvalue weighted by atomic mass is 16.2. The van der Waals surface area contributed by atoms with Gasteiger partial charge in [0.2, 0.25) is 5.91 Å². The van der Waals surface area contributed by atoms with Crippen LogP contribution in [0.4, 0.5) is 5.69 Å². The lowest BCUT2D eigenvalue weighted by atomic mass is 9.77. The van der Waals surface area contributed by atoms with Gasteiger partial charge in [0.15, 0.2) is 0 Å². The second kappa shape index (κ2) is 6.26. The molecule has 1 aliphatic rings.